The molecular weight excluding hydrogens is 1210 g/mol. The van der Waals surface area contributed by atoms with Gasteiger partial charge in [0, 0.05) is 69.4 Å². The number of guanidine groups is 3. The number of nitrogens with two attached hydrogens (primary N) is 7. The second-order valence-corrected chi connectivity index (χ2v) is 25.0. The third-order valence-corrected chi connectivity index (χ3v) is 18.3. The number of aliphatic imine (C=N–C) groups is 3. The molecule has 33 heteroatoms. The van der Waals surface area contributed by atoms with E-state index in [-0.39, 0.29) is 127 Å². The van der Waals surface area contributed by atoms with E-state index in [2.05, 4.69) is 41.6 Å². The lowest BCUT2D eigenvalue weighted by Crippen LogP contribution is -2.63. The van der Waals surface area contributed by atoms with Crippen LogP contribution in [0, 0.1) is 5.92 Å². The van der Waals surface area contributed by atoms with E-state index in [1.807, 2.05) is 6.07 Å². The first-order valence-corrected chi connectivity index (χ1v) is 32.1. The molecule has 504 valence electrons. The topological polar surface area (TPSA) is 524 Å². The Morgan fingerprint density at radius 2 is 1.25 bits per heavy atom. The molecule has 2 aromatic rings. The standard InChI is InChI=1S/C59H89N19O13S/c60-37(14-5-19-67-57(61)62)48(82)72-38(15-6-20-68-58(63)64)52(86)75-22-8-18-43(75)54(88)77-30-35(80)26-44(77)50(84)70-28-47(81)71-40(27-36-13-9-23-92-36)49(83)74-41(31-79)53(87)76-29-34-12-2-1-10-32(34)24-46(76)55(89)78-42-17-4-3-11-33(42)25-45(78)51(85)73-39(56(90)91)16-7-21-69-59(65)66/h1-2,9-10,12-13,23,33,35,37-46,79-80H,3-8,11,14-22,24-31,60H2,(H,70,84)(H,71,81)(H,72,82)(H,73,85)(H,74,83)(H,90,91)(H4,61,62,67)(H4,63,64,68)(H4,65,66,69)/t33-,35+,37+,38-,39+,40-,41-,42-,43-,44-,45-,46+/m0/s1. The molecule has 22 N–H and O–H groups in total. The average Bonchev–Trinajstić information content (AvgIpc) is 1.48. The van der Waals surface area contributed by atoms with Crippen molar-refractivity contribution >= 4 is 88.3 Å². The van der Waals surface area contributed by atoms with Crippen LogP contribution in [0.4, 0.5) is 0 Å². The Kier molecular flexibility index (Phi) is 25.8. The molecule has 0 radical (unpaired) electrons. The Balaban J connectivity index is 1.02. The number of aliphatic hydroxyl groups is 2. The van der Waals surface area contributed by atoms with Gasteiger partial charge in [0.2, 0.25) is 53.2 Å². The van der Waals surface area contributed by atoms with Crippen molar-refractivity contribution < 1.29 is 63.3 Å². The number of β-amino-alcohol motifs (C(OH)–C–C–N with tert-alkyl or cyclic N) is 1. The molecule has 0 unspecified atom stereocenters. The lowest BCUT2D eigenvalue weighted by molar-refractivity contribution is -0.153. The second kappa shape index (κ2) is 33.6. The lowest BCUT2D eigenvalue weighted by Gasteiger charge is -2.42. The second-order valence-electron chi connectivity index (χ2n) is 23.9. The van der Waals surface area contributed by atoms with E-state index in [1.165, 1.54) is 26.0 Å². The molecule has 32 nitrogen and oxygen atoms in total. The van der Waals surface area contributed by atoms with Crippen LogP contribution in [0.5, 0.6) is 0 Å². The maximum Gasteiger partial charge on any atom is 0.326 e. The summed E-state index contributed by atoms with van der Waals surface area (Å²) in [7, 11) is 0. The largest absolute Gasteiger partial charge is 0.480 e. The quantitative estimate of drug-likeness (QED) is 0.0198. The molecule has 0 bridgehead atoms. The number of likely N-dealkylation sites (tertiary alicyclic amines) is 3. The number of carboxylic acids is 1. The fourth-order valence-electron chi connectivity index (χ4n) is 12.9. The molecule has 0 spiro atoms. The number of nitrogens with zero attached hydrogens (tertiary/aromatic N) is 7. The van der Waals surface area contributed by atoms with Crippen LogP contribution in [-0.4, -0.2) is 224 Å². The Morgan fingerprint density at radius 3 is 1.89 bits per heavy atom. The van der Waals surface area contributed by atoms with Crippen LogP contribution >= 0.6 is 11.3 Å². The van der Waals surface area contributed by atoms with E-state index in [1.54, 1.807) is 35.7 Å². The zero-order chi connectivity index (χ0) is 66.8. The third-order valence-electron chi connectivity index (χ3n) is 17.4. The Labute approximate surface area is 536 Å². The molecule has 1 saturated carbocycles. The smallest absolute Gasteiger partial charge is 0.326 e. The summed E-state index contributed by atoms with van der Waals surface area (Å²) in [4.78, 5) is 159. The molecule has 5 aliphatic rings. The zero-order valence-corrected chi connectivity index (χ0v) is 52.3. The minimum Gasteiger partial charge on any atom is -0.480 e. The summed E-state index contributed by atoms with van der Waals surface area (Å²) in [5.41, 5.74) is 40.3. The normalized spacial score (nSPS) is 22.4. The molecule has 9 amide bonds. The lowest BCUT2D eigenvalue weighted by atomic mass is 9.84. The van der Waals surface area contributed by atoms with Gasteiger partial charge in [-0.2, -0.15) is 0 Å². The molecule has 92 heavy (non-hydrogen) atoms. The number of hydrogen-bond acceptors (Lipinski definition) is 17. The van der Waals surface area contributed by atoms with E-state index >= 15 is 4.79 Å². The Morgan fingerprint density at radius 1 is 0.620 bits per heavy atom. The van der Waals surface area contributed by atoms with Crippen LogP contribution in [0.25, 0.3) is 0 Å². The number of carboxylic acid groups (broad SMARTS) is 1. The number of fused-ring (bicyclic) bond motifs is 2. The number of carbonyl (C=O) groups is 10. The van der Waals surface area contributed by atoms with Crippen molar-refractivity contribution in [2.24, 2.45) is 61.0 Å². The summed E-state index contributed by atoms with van der Waals surface area (Å²) in [5.74, 6) is -8.33. The molecule has 12 atom stereocenters. The van der Waals surface area contributed by atoms with Crippen LogP contribution in [-0.2, 0) is 67.3 Å². The van der Waals surface area contributed by atoms with E-state index < -0.39 is 139 Å². The maximum absolute atomic E-state index is 15.3. The number of carbonyl (C=O) groups excluding carboxylic acids is 9. The number of benzene rings is 1. The highest BCUT2D eigenvalue weighted by atomic mass is 32.1. The number of aliphatic hydroxyl groups excluding tert-OH is 2. The maximum atomic E-state index is 15.3. The van der Waals surface area contributed by atoms with E-state index in [0.717, 1.165) is 29.7 Å². The number of thiophene rings is 1. The van der Waals surface area contributed by atoms with Crippen molar-refractivity contribution in [3.8, 4) is 0 Å². The number of rotatable bonds is 30. The molecule has 1 aliphatic carbocycles. The summed E-state index contributed by atoms with van der Waals surface area (Å²) >= 11 is 1.27. The molecule has 7 rings (SSSR count). The number of aliphatic carboxylic acids is 1. The van der Waals surface area contributed by atoms with Crippen LogP contribution in [0.15, 0.2) is 56.8 Å². The van der Waals surface area contributed by atoms with Crippen molar-refractivity contribution in [3.63, 3.8) is 0 Å². The summed E-state index contributed by atoms with van der Waals surface area (Å²) in [6.07, 6.45) is 3.42. The SMILES string of the molecule is NC(N)=NCCC[C@@H](N)C(=O)N[C@@H](CCCN=C(N)N)C(=O)N1CCC[C@H]1C(=O)N1C[C@H](O)C[C@H]1C(=O)NCC(=O)N[C@@H](Cc1cccs1)C(=O)N[C@@H](CO)C(=O)N1Cc2ccccc2C[C@@H]1C(=O)N1[C@H](C(=O)N[C@H](CCCN=C(N)N)C(=O)O)C[C@@H]2CCCC[C@@H]21. The molecule has 1 aromatic carbocycles. The van der Waals surface area contributed by atoms with Gasteiger partial charge in [-0.15, -0.1) is 11.3 Å². The van der Waals surface area contributed by atoms with Gasteiger partial charge in [0.25, 0.3) is 0 Å². The summed E-state index contributed by atoms with van der Waals surface area (Å²) in [5, 5.41) is 46.8. The van der Waals surface area contributed by atoms with E-state index in [9.17, 15) is 58.5 Å². The number of amides is 9. The first-order chi connectivity index (χ1) is 43.9. The van der Waals surface area contributed by atoms with Gasteiger partial charge in [-0.3, -0.25) is 58.1 Å². The summed E-state index contributed by atoms with van der Waals surface area (Å²) in [6.45, 7) is -1.46. The predicted molar refractivity (Wildman–Crippen MR) is 338 cm³/mol. The van der Waals surface area contributed by atoms with Crippen LogP contribution < -0.4 is 66.7 Å². The van der Waals surface area contributed by atoms with Crippen molar-refractivity contribution in [3.05, 3.63) is 57.8 Å². The molecule has 4 aliphatic heterocycles. The monoisotopic (exact) mass is 1300 g/mol. The van der Waals surface area contributed by atoms with E-state index in [0.29, 0.717) is 29.7 Å². The highest BCUT2D eigenvalue weighted by Crippen LogP contribution is 2.41. The Hall–Kier alpha value is -8.69. The van der Waals surface area contributed by atoms with Gasteiger partial charge in [-0.05, 0) is 99.1 Å². The zero-order valence-electron chi connectivity index (χ0n) is 51.4. The van der Waals surface area contributed by atoms with Crippen molar-refractivity contribution in [2.75, 3.05) is 45.9 Å². The summed E-state index contributed by atoms with van der Waals surface area (Å²) in [6, 6.07) is -1.07. The van der Waals surface area contributed by atoms with Gasteiger partial charge in [0.15, 0.2) is 17.9 Å². The van der Waals surface area contributed by atoms with Crippen LogP contribution in [0.3, 0.4) is 0 Å². The predicted octanol–water partition coefficient (Wildman–Crippen LogP) is -5.02. The third kappa shape index (κ3) is 19.0. The van der Waals surface area contributed by atoms with Crippen molar-refractivity contribution in [2.45, 2.75) is 176 Å². The molecule has 5 heterocycles. The summed E-state index contributed by atoms with van der Waals surface area (Å²) < 4.78 is 0. The van der Waals surface area contributed by atoms with Crippen LogP contribution in [0.2, 0.25) is 0 Å². The van der Waals surface area contributed by atoms with Crippen molar-refractivity contribution in [1.82, 2.24) is 46.2 Å². The first-order valence-electron chi connectivity index (χ1n) is 31.2. The fourth-order valence-corrected chi connectivity index (χ4v) is 13.6. The Bertz CT molecular complexity index is 3050. The van der Waals surface area contributed by atoms with E-state index in [4.69, 9.17) is 40.1 Å². The minimum atomic E-state index is -1.66. The number of hydrogen-bond donors (Lipinski definition) is 15. The highest BCUT2D eigenvalue weighted by Gasteiger charge is 2.52. The van der Waals surface area contributed by atoms with Gasteiger partial charge >= 0.3 is 5.97 Å². The number of nitrogens with one attached hydrogen (secondary N) is 5. The molecule has 4 fully saturated rings. The molecule has 1 aromatic heterocycles. The van der Waals surface area contributed by atoms with Gasteiger partial charge in [0.1, 0.15) is 48.3 Å². The highest BCUT2D eigenvalue weighted by molar-refractivity contribution is 7.09. The average molecular weight is 1300 g/mol. The molecular formula is C59H89N19O13S. The molecule has 3 saturated heterocycles. The fraction of sp³-hybridized carbons (Fsp3) is 0.610. The van der Waals surface area contributed by atoms with Gasteiger partial charge in [-0.25, -0.2) is 4.79 Å². The first kappa shape index (κ1) is 70.8. The van der Waals surface area contributed by atoms with Crippen molar-refractivity contribution in [1.29, 1.82) is 0 Å². The minimum absolute atomic E-state index is 0.00000960. The van der Waals surface area contributed by atoms with Crippen LogP contribution in [0.1, 0.15) is 106 Å². The van der Waals surface area contributed by atoms with Gasteiger partial charge < -0.3 is 102 Å². The van der Waals surface area contributed by atoms with Gasteiger partial charge in [-0.1, -0.05) is 43.2 Å². The van der Waals surface area contributed by atoms with Gasteiger partial charge in [0.05, 0.1) is 25.3 Å².